The minimum atomic E-state index is 0.380. The van der Waals surface area contributed by atoms with Gasteiger partial charge in [0.05, 0.1) is 0 Å². The maximum absolute atomic E-state index is 3.47. The summed E-state index contributed by atoms with van der Waals surface area (Å²) in [7, 11) is 0. The standard InChI is InChI=1S/C12H17Br/c1-12(2,3)8-10-5-4-6-11(7-10)9-13/h4-7H,8-9H2,1-3H3. The first-order valence-electron chi connectivity index (χ1n) is 4.65. The third-order valence-corrected chi connectivity index (χ3v) is 2.53. The highest BCUT2D eigenvalue weighted by Gasteiger charge is 2.10. The SMILES string of the molecule is CC(C)(C)Cc1cccc(CBr)c1. The van der Waals surface area contributed by atoms with Gasteiger partial charge in [-0.3, -0.25) is 0 Å². The topological polar surface area (TPSA) is 0 Å². The van der Waals surface area contributed by atoms with E-state index < -0.39 is 0 Å². The molecule has 0 spiro atoms. The van der Waals surface area contributed by atoms with Crippen molar-refractivity contribution in [3.05, 3.63) is 35.4 Å². The number of halogens is 1. The van der Waals surface area contributed by atoms with Crippen molar-refractivity contribution in [3.8, 4) is 0 Å². The van der Waals surface area contributed by atoms with Crippen molar-refractivity contribution in [3.63, 3.8) is 0 Å². The molecule has 0 saturated carbocycles. The van der Waals surface area contributed by atoms with Crippen molar-refractivity contribution >= 4 is 15.9 Å². The highest BCUT2D eigenvalue weighted by atomic mass is 79.9. The number of benzene rings is 1. The lowest BCUT2D eigenvalue weighted by molar-refractivity contribution is 0.411. The van der Waals surface area contributed by atoms with Gasteiger partial charge in [0.25, 0.3) is 0 Å². The molecule has 1 heteroatoms. The number of hydrogen-bond acceptors (Lipinski definition) is 0. The summed E-state index contributed by atoms with van der Waals surface area (Å²) in [5.41, 5.74) is 3.18. The molecule has 1 aromatic rings. The van der Waals surface area contributed by atoms with Crippen LogP contribution in [0.15, 0.2) is 24.3 Å². The van der Waals surface area contributed by atoms with Gasteiger partial charge in [-0.2, -0.15) is 0 Å². The van der Waals surface area contributed by atoms with E-state index >= 15 is 0 Å². The van der Waals surface area contributed by atoms with Crippen molar-refractivity contribution in [2.75, 3.05) is 0 Å². The van der Waals surface area contributed by atoms with E-state index in [9.17, 15) is 0 Å². The van der Waals surface area contributed by atoms with Crippen LogP contribution in [0.3, 0.4) is 0 Å². The first kappa shape index (κ1) is 10.8. The smallest absolute Gasteiger partial charge is 0.0283 e. The van der Waals surface area contributed by atoms with Gasteiger partial charge in [-0.05, 0) is 23.0 Å². The largest absolute Gasteiger partial charge is 0.0876 e. The second-order valence-electron chi connectivity index (χ2n) is 4.69. The van der Waals surface area contributed by atoms with E-state index in [0.717, 1.165) is 11.8 Å². The average molecular weight is 241 g/mol. The van der Waals surface area contributed by atoms with E-state index in [1.165, 1.54) is 11.1 Å². The molecule has 0 fully saturated rings. The number of hydrogen-bond donors (Lipinski definition) is 0. The highest BCUT2D eigenvalue weighted by Crippen LogP contribution is 2.21. The molecule has 0 unspecified atom stereocenters. The van der Waals surface area contributed by atoms with E-state index in [4.69, 9.17) is 0 Å². The van der Waals surface area contributed by atoms with Gasteiger partial charge in [0.15, 0.2) is 0 Å². The lowest BCUT2D eigenvalue weighted by Gasteiger charge is -2.18. The predicted molar refractivity (Wildman–Crippen MR) is 62.2 cm³/mol. The molecule has 0 amide bonds. The molecule has 0 aliphatic carbocycles. The average Bonchev–Trinajstić information content (AvgIpc) is 2.01. The fourth-order valence-corrected chi connectivity index (χ4v) is 1.78. The minimum absolute atomic E-state index is 0.380. The molecule has 1 aromatic carbocycles. The van der Waals surface area contributed by atoms with Crippen molar-refractivity contribution < 1.29 is 0 Å². The Morgan fingerprint density at radius 3 is 2.31 bits per heavy atom. The first-order valence-corrected chi connectivity index (χ1v) is 5.77. The van der Waals surface area contributed by atoms with Crippen LogP contribution >= 0.6 is 15.9 Å². The molecule has 1 rings (SSSR count). The van der Waals surface area contributed by atoms with Crippen LogP contribution in [0, 0.1) is 5.41 Å². The summed E-state index contributed by atoms with van der Waals surface area (Å²) in [6.07, 6.45) is 1.15. The van der Waals surface area contributed by atoms with Gasteiger partial charge in [0.2, 0.25) is 0 Å². The Bertz CT molecular complexity index is 271. The molecule has 0 nitrogen and oxygen atoms in total. The molecule has 13 heavy (non-hydrogen) atoms. The lowest BCUT2D eigenvalue weighted by atomic mass is 9.88. The molecular formula is C12H17Br. The molecule has 0 aliphatic rings. The van der Waals surface area contributed by atoms with Crippen LogP contribution in [0.25, 0.3) is 0 Å². The van der Waals surface area contributed by atoms with Gasteiger partial charge in [0, 0.05) is 5.33 Å². The third kappa shape index (κ3) is 3.95. The summed E-state index contributed by atoms with van der Waals surface area (Å²) in [4.78, 5) is 0. The first-order chi connectivity index (χ1) is 6.01. The zero-order valence-corrected chi connectivity index (χ0v) is 10.2. The van der Waals surface area contributed by atoms with E-state index in [1.54, 1.807) is 0 Å². The van der Waals surface area contributed by atoms with Crippen LogP contribution in [0.5, 0.6) is 0 Å². The Balaban J connectivity index is 2.78. The molecular weight excluding hydrogens is 224 g/mol. The summed E-state index contributed by atoms with van der Waals surface area (Å²) >= 11 is 3.47. The predicted octanol–water partition coefficient (Wildman–Crippen LogP) is 4.17. The van der Waals surface area contributed by atoms with Crippen molar-refractivity contribution in [1.29, 1.82) is 0 Å². The molecule has 0 radical (unpaired) electrons. The molecule has 0 aromatic heterocycles. The molecule has 0 heterocycles. The van der Waals surface area contributed by atoms with Gasteiger partial charge in [-0.25, -0.2) is 0 Å². The Morgan fingerprint density at radius 2 is 1.77 bits per heavy atom. The monoisotopic (exact) mass is 240 g/mol. The van der Waals surface area contributed by atoms with Crippen LogP contribution in [-0.4, -0.2) is 0 Å². The molecule has 0 aliphatic heterocycles. The number of alkyl halides is 1. The van der Waals surface area contributed by atoms with Crippen LogP contribution in [0.2, 0.25) is 0 Å². The van der Waals surface area contributed by atoms with Gasteiger partial charge in [0.1, 0.15) is 0 Å². The minimum Gasteiger partial charge on any atom is -0.0876 e. The second-order valence-corrected chi connectivity index (χ2v) is 5.25. The summed E-state index contributed by atoms with van der Waals surface area (Å²) in [5.74, 6) is 0. The number of rotatable bonds is 2. The summed E-state index contributed by atoms with van der Waals surface area (Å²) in [6.45, 7) is 6.81. The highest BCUT2D eigenvalue weighted by molar-refractivity contribution is 9.08. The Kier molecular flexibility index (Phi) is 3.55. The normalized spacial score (nSPS) is 11.7. The van der Waals surface area contributed by atoms with Gasteiger partial charge < -0.3 is 0 Å². The molecule has 0 atom stereocenters. The Morgan fingerprint density at radius 1 is 1.15 bits per heavy atom. The maximum Gasteiger partial charge on any atom is 0.0283 e. The fraction of sp³-hybridized carbons (Fsp3) is 0.500. The van der Waals surface area contributed by atoms with Gasteiger partial charge in [-0.15, -0.1) is 0 Å². The van der Waals surface area contributed by atoms with Gasteiger partial charge in [-0.1, -0.05) is 61.0 Å². The molecule has 0 bridgehead atoms. The second kappa shape index (κ2) is 4.28. The Labute approximate surface area is 89.5 Å². The van der Waals surface area contributed by atoms with Crippen molar-refractivity contribution in [2.45, 2.75) is 32.5 Å². The summed E-state index contributed by atoms with van der Waals surface area (Å²) < 4.78 is 0. The van der Waals surface area contributed by atoms with Gasteiger partial charge >= 0.3 is 0 Å². The van der Waals surface area contributed by atoms with E-state index in [2.05, 4.69) is 61.0 Å². The molecule has 72 valence electrons. The zero-order valence-electron chi connectivity index (χ0n) is 8.60. The zero-order chi connectivity index (χ0) is 9.90. The van der Waals surface area contributed by atoms with Crippen molar-refractivity contribution in [1.82, 2.24) is 0 Å². The summed E-state index contributed by atoms with van der Waals surface area (Å²) in [6, 6.07) is 8.77. The van der Waals surface area contributed by atoms with Crippen molar-refractivity contribution in [2.24, 2.45) is 5.41 Å². The lowest BCUT2D eigenvalue weighted by Crippen LogP contribution is -2.09. The molecule has 0 saturated heterocycles. The third-order valence-electron chi connectivity index (χ3n) is 1.88. The van der Waals surface area contributed by atoms with Crippen LogP contribution in [0.1, 0.15) is 31.9 Å². The van der Waals surface area contributed by atoms with Crippen LogP contribution in [-0.2, 0) is 11.8 Å². The fourth-order valence-electron chi connectivity index (χ4n) is 1.44. The van der Waals surface area contributed by atoms with E-state index in [0.29, 0.717) is 5.41 Å². The van der Waals surface area contributed by atoms with E-state index in [1.807, 2.05) is 0 Å². The maximum atomic E-state index is 3.47. The van der Waals surface area contributed by atoms with Crippen LogP contribution in [0.4, 0.5) is 0 Å². The van der Waals surface area contributed by atoms with Crippen LogP contribution < -0.4 is 0 Å². The Hall–Kier alpha value is -0.300. The molecule has 0 N–H and O–H groups in total. The quantitative estimate of drug-likeness (QED) is 0.681. The summed E-state index contributed by atoms with van der Waals surface area (Å²) in [5, 5.41) is 0.949. The van der Waals surface area contributed by atoms with E-state index in [-0.39, 0.29) is 0 Å².